The second-order valence-corrected chi connectivity index (χ2v) is 4.04. The van der Waals surface area contributed by atoms with Crippen LogP contribution in [-0.2, 0) is 4.57 Å². The van der Waals surface area contributed by atoms with Crippen LogP contribution in [-0.4, -0.2) is 21.8 Å². The van der Waals surface area contributed by atoms with Crippen LogP contribution in [0.4, 0.5) is 11.4 Å². The van der Waals surface area contributed by atoms with Gasteiger partial charge in [-0.15, -0.1) is 0 Å². The lowest BCUT2D eigenvalue weighted by Crippen LogP contribution is -1.97. The van der Waals surface area contributed by atoms with Crippen molar-refractivity contribution in [2.75, 3.05) is 12.4 Å². The summed E-state index contributed by atoms with van der Waals surface area (Å²) in [5.41, 5.74) is 0.675. The molecule has 0 bridgehead atoms. The Labute approximate surface area is 109 Å². The van der Waals surface area contributed by atoms with Crippen molar-refractivity contribution in [1.82, 2.24) is 0 Å². The van der Waals surface area contributed by atoms with Crippen molar-refractivity contribution in [2.24, 2.45) is 0 Å². The third-order valence-corrected chi connectivity index (χ3v) is 2.35. The fourth-order valence-corrected chi connectivity index (χ4v) is 1.67. The zero-order valence-electron chi connectivity index (χ0n) is 10.0. The first-order valence-electron chi connectivity index (χ1n) is 5.23. The van der Waals surface area contributed by atoms with E-state index in [4.69, 9.17) is 14.4 Å². The molecule has 0 atom stereocenters. The van der Waals surface area contributed by atoms with Crippen LogP contribution in [0.3, 0.4) is 0 Å². The molecular formula is C11H13N2O5P. The summed E-state index contributed by atoms with van der Waals surface area (Å²) in [5, 5.41) is 15.5. The Morgan fingerprint density at radius 2 is 1.79 bits per heavy atom. The van der Waals surface area contributed by atoms with Crippen LogP contribution in [0.1, 0.15) is 0 Å². The minimum Gasteiger partial charge on any atom is -0.382 e. The number of hydrogen-bond acceptors (Lipinski definition) is 4. The van der Waals surface area contributed by atoms with Crippen molar-refractivity contribution in [3.8, 4) is 0 Å². The van der Waals surface area contributed by atoms with Gasteiger partial charge in [-0.05, 0) is 11.5 Å². The summed E-state index contributed by atoms with van der Waals surface area (Å²) in [5.74, 6) is 0. The number of anilines is 1. The van der Waals surface area contributed by atoms with Gasteiger partial charge in [-0.1, -0.05) is 24.3 Å². The van der Waals surface area contributed by atoms with Crippen LogP contribution in [0.2, 0.25) is 0 Å². The van der Waals surface area contributed by atoms with Gasteiger partial charge in [-0.2, -0.15) is 0 Å². The maximum atomic E-state index is 10.8. The van der Waals surface area contributed by atoms with Crippen molar-refractivity contribution >= 4 is 30.4 Å². The maximum Gasteiger partial charge on any atom is 0.314 e. The lowest BCUT2D eigenvalue weighted by molar-refractivity contribution is -0.383. The molecule has 2 rings (SSSR count). The van der Waals surface area contributed by atoms with E-state index >= 15 is 0 Å². The second kappa shape index (κ2) is 6.84. The van der Waals surface area contributed by atoms with Crippen LogP contribution in [0.25, 0.3) is 10.8 Å². The van der Waals surface area contributed by atoms with Crippen molar-refractivity contribution in [3.63, 3.8) is 0 Å². The number of nitrogens with zero attached hydrogens (tertiary/aromatic N) is 1. The van der Waals surface area contributed by atoms with Gasteiger partial charge in [-0.3, -0.25) is 14.7 Å². The highest BCUT2D eigenvalue weighted by molar-refractivity contribution is 7.30. The quantitative estimate of drug-likeness (QED) is 0.442. The standard InChI is InChI=1S/C11H10N2O2.H3O3P/c1-12-11-9-5-3-2-4-8(9)6-7-10(11)13(14)15;1-4(2)3/h2-7,12H,1H3;4H,(H2,1,2,3). The first-order valence-corrected chi connectivity index (χ1v) is 6.53. The van der Waals surface area contributed by atoms with E-state index in [0.717, 1.165) is 10.8 Å². The van der Waals surface area contributed by atoms with Crippen LogP contribution in [0.5, 0.6) is 0 Å². The Kier molecular flexibility index (Phi) is 5.44. The van der Waals surface area contributed by atoms with Gasteiger partial charge in [0.25, 0.3) is 5.69 Å². The zero-order valence-corrected chi connectivity index (χ0v) is 11.0. The summed E-state index contributed by atoms with van der Waals surface area (Å²) in [4.78, 5) is 24.7. The highest BCUT2D eigenvalue weighted by Gasteiger charge is 2.14. The molecule has 0 aliphatic carbocycles. The predicted molar refractivity (Wildman–Crippen MR) is 73.6 cm³/mol. The molecule has 0 unspecified atom stereocenters. The molecule has 0 heterocycles. The van der Waals surface area contributed by atoms with Gasteiger partial charge in [0.1, 0.15) is 5.69 Å². The molecule has 0 aromatic heterocycles. The van der Waals surface area contributed by atoms with E-state index in [-0.39, 0.29) is 10.6 Å². The van der Waals surface area contributed by atoms with Gasteiger partial charge in [0.05, 0.1) is 4.92 Å². The molecule has 0 radical (unpaired) electrons. The molecule has 8 heteroatoms. The maximum absolute atomic E-state index is 10.8. The number of nitro benzene ring substituents is 1. The molecule has 0 spiro atoms. The Balaban J connectivity index is 0.000000399. The van der Waals surface area contributed by atoms with Gasteiger partial charge < -0.3 is 15.1 Å². The van der Waals surface area contributed by atoms with Crippen molar-refractivity contribution in [1.29, 1.82) is 0 Å². The molecule has 0 saturated heterocycles. The molecule has 2 aromatic rings. The molecular weight excluding hydrogens is 271 g/mol. The highest BCUT2D eigenvalue weighted by Crippen LogP contribution is 2.32. The normalized spacial score (nSPS) is 9.89. The van der Waals surface area contributed by atoms with E-state index in [1.54, 1.807) is 13.1 Å². The largest absolute Gasteiger partial charge is 0.382 e. The summed E-state index contributed by atoms with van der Waals surface area (Å²) in [7, 11) is -1.44. The van der Waals surface area contributed by atoms with Crippen molar-refractivity contribution in [2.45, 2.75) is 0 Å². The van der Waals surface area contributed by atoms with E-state index in [1.165, 1.54) is 6.07 Å². The van der Waals surface area contributed by atoms with E-state index in [0.29, 0.717) is 5.69 Å². The third kappa shape index (κ3) is 4.03. The van der Waals surface area contributed by atoms with E-state index < -0.39 is 8.25 Å². The van der Waals surface area contributed by atoms with Crippen LogP contribution in [0.15, 0.2) is 36.4 Å². The molecule has 102 valence electrons. The topological polar surface area (TPSA) is 113 Å². The third-order valence-electron chi connectivity index (χ3n) is 2.35. The number of nitrogens with one attached hydrogen (secondary N) is 1. The minimum atomic E-state index is -3.13. The Morgan fingerprint density at radius 1 is 1.21 bits per heavy atom. The Bertz CT molecular complexity index is 613. The first-order chi connectivity index (χ1) is 8.97. The smallest absolute Gasteiger partial charge is 0.314 e. The molecule has 0 aliphatic heterocycles. The second-order valence-electron chi connectivity index (χ2n) is 3.47. The summed E-state index contributed by atoms with van der Waals surface area (Å²) >= 11 is 0. The summed E-state index contributed by atoms with van der Waals surface area (Å²) in [6, 6.07) is 10.9. The lowest BCUT2D eigenvalue weighted by atomic mass is 10.1. The number of benzene rings is 2. The van der Waals surface area contributed by atoms with E-state index in [2.05, 4.69) is 5.32 Å². The van der Waals surface area contributed by atoms with E-state index in [1.807, 2.05) is 24.3 Å². The average molecular weight is 284 g/mol. The summed E-state index contributed by atoms with van der Waals surface area (Å²) in [6.07, 6.45) is 0. The fourth-order valence-electron chi connectivity index (χ4n) is 1.67. The Morgan fingerprint density at radius 3 is 2.32 bits per heavy atom. The average Bonchev–Trinajstić information content (AvgIpc) is 2.36. The first kappa shape index (κ1) is 15.1. The monoisotopic (exact) mass is 284 g/mol. The summed E-state index contributed by atoms with van der Waals surface area (Å²) in [6.45, 7) is 0. The Hall–Kier alpha value is -1.95. The van der Waals surface area contributed by atoms with Gasteiger partial charge >= 0.3 is 8.25 Å². The fraction of sp³-hybridized carbons (Fsp3) is 0.0909. The van der Waals surface area contributed by atoms with Crippen molar-refractivity contribution < 1.29 is 19.3 Å². The van der Waals surface area contributed by atoms with Gasteiger partial charge in [0, 0.05) is 18.5 Å². The highest BCUT2D eigenvalue weighted by atomic mass is 31.1. The molecule has 7 nitrogen and oxygen atoms in total. The summed E-state index contributed by atoms with van der Waals surface area (Å²) < 4.78 is 8.74. The van der Waals surface area contributed by atoms with Crippen LogP contribution >= 0.6 is 8.25 Å². The number of fused-ring (bicyclic) bond motifs is 1. The molecule has 19 heavy (non-hydrogen) atoms. The minimum absolute atomic E-state index is 0.108. The molecule has 0 aliphatic rings. The zero-order chi connectivity index (χ0) is 14.4. The van der Waals surface area contributed by atoms with Gasteiger partial charge in [-0.25, -0.2) is 0 Å². The predicted octanol–water partition coefficient (Wildman–Crippen LogP) is 2.15. The lowest BCUT2D eigenvalue weighted by Gasteiger charge is -2.06. The van der Waals surface area contributed by atoms with E-state index in [9.17, 15) is 10.1 Å². The molecule has 2 aromatic carbocycles. The van der Waals surface area contributed by atoms with Crippen molar-refractivity contribution in [3.05, 3.63) is 46.5 Å². The molecule has 0 saturated carbocycles. The SMILES string of the molecule is CNc1c([N+](=O)[O-])ccc2ccccc12.O=[PH](O)O. The molecule has 0 fully saturated rings. The molecule has 0 amide bonds. The molecule has 3 N–H and O–H groups in total. The van der Waals surface area contributed by atoms with Crippen LogP contribution in [0, 0.1) is 10.1 Å². The number of nitro groups is 1. The number of hydrogen-bond donors (Lipinski definition) is 3. The van der Waals surface area contributed by atoms with Gasteiger partial charge in [0.15, 0.2) is 0 Å². The van der Waals surface area contributed by atoms with Gasteiger partial charge in [0.2, 0.25) is 0 Å². The number of rotatable bonds is 2. The van der Waals surface area contributed by atoms with Crippen LogP contribution < -0.4 is 5.32 Å².